The molecule has 0 bridgehead atoms. The van der Waals surface area contributed by atoms with Crippen LogP contribution in [-0.4, -0.2) is 14.2 Å². The second-order valence-electron chi connectivity index (χ2n) is 5.92. The summed E-state index contributed by atoms with van der Waals surface area (Å²) in [4.78, 5) is 11.7. The Morgan fingerprint density at radius 2 is 1.46 bits per heavy atom. The second-order valence-corrected chi connectivity index (χ2v) is 7.78. The fourth-order valence-electron chi connectivity index (χ4n) is 2.66. The van der Waals surface area contributed by atoms with Crippen molar-refractivity contribution in [2.45, 2.75) is 18.4 Å². The van der Waals surface area contributed by atoms with Crippen LogP contribution in [0.5, 0.6) is 0 Å². The van der Waals surface area contributed by atoms with Gasteiger partial charge in [-0.25, -0.2) is 8.42 Å². The minimum absolute atomic E-state index is 0.102. The second kappa shape index (κ2) is 7.54. The maximum absolute atomic E-state index is 13.3. The van der Waals surface area contributed by atoms with Gasteiger partial charge in [-0.1, -0.05) is 60.7 Å². The molecule has 26 heavy (non-hydrogen) atoms. The minimum Gasteiger partial charge on any atom is -0.295 e. The fraction of sp³-hybridized carbons (Fsp3) is 0.0952. The Kier molecular flexibility index (Phi) is 5.19. The predicted octanol–water partition coefficient (Wildman–Crippen LogP) is 4.28. The van der Waals surface area contributed by atoms with Gasteiger partial charge >= 0.3 is 0 Å². The first-order chi connectivity index (χ1) is 12.5. The van der Waals surface area contributed by atoms with Crippen LogP contribution in [0, 0.1) is 0 Å². The van der Waals surface area contributed by atoms with Gasteiger partial charge in [-0.15, -0.1) is 0 Å². The number of nitrogens with zero attached hydrogens (tertiary/aromatic N) is 1. The number of hydrogen-bond acceptors (Lipinski definition) is 3. The average Bonchev–Trinajstić information content (AvgIpc) is 2.67. The van der Waals surface area contributed by atoms with Crippen molar-refractivity contribution in [2.75, 3.05) is 4.31 Å². The van der Waals surface area contributed by atoms with E-state index in [4.69, 9.17) is 0 Å². The topological polar surface area (TPSA) is 54.5 Å². The smallest absolute Gasteiger partial charge is 0.264 e. The Hall–Kier alpha value is -2.92. The van der Waals surface area contributed by atoms with Gasteiger partial charge in [0.2, 0.25) is 0 Å². The Morgan fingerprint density at radius 3 is 2.08 bits per heavy atom. The summed E-state index contributed by atoms with van der Waals surface area (Å²) in [5.41, 5.74) is 1.83. The molecule has 3 aromatic rings. The van der Waals surface area contributed by atoms with E-state index in [0.717, 1.165) is 5.56 Å². The maximum atomic E-state index is 13.3. The molecule has 0 saturated carbocycles. The van der Waals surface area contributed by atoms with Crippen LogP contribution in [0.4, 0.5) is 5.69 Å². The van der Waals surface area contributed by atoms with Gasteiger partial charge in [0.15, 0.2) is 5.78 Å². The zero-order valence-electron chi connectivity index (χ0n) is 14.4. The third-order valence-corrected chi connectivity index (χ3v) is 5.81. The number of carbonyl (C=O) groups is 1. The number of ketones is 1. The molecule has 3 rings (SSSR count). The van der Waals surface area contributed by atoms with Crippen molar-refractivity contribution in [1.29, 1.82) is 0 Å². The molecule has 0 saturated heterocycles. The van der Waals surface area contributed by atoms with E-state index in [2.05, 4.69) is 0 Å². The van der Waals surface area contributed by atoms with E-state index < -0.39 is 10.0 Å². The molecule has 0 aromatic heterocycles. The molecule has 0 heterocycles. The number of sulfonamides is 1. The van der Waals surface area contributed by atoms with Crippen LogP contribution in [0.3, 0.4) is 0 Å². The third kappa shape index (κ3) is 3.83. The Balaban J connectivity index is 2.08. The molecule has 5 heteroatoms. The quantitative estimate of drug-likeness (QED) is 0.613. The molecule has 0 aliphatic heterocycles. The molecule has 0 radical (unpaired) electrons. The molecule has 0 fully saturated rings. The number of para-hydroxylation sites is 1. The summed E-state index contributed by atoms with van der Waals surface area (Å²) >= 11 is 0. The van der Waals surface area contributed by atoms with Crippen LogP contribution in [-0.2, 0) is 16.6 Å². The van der Waals surface area contributed by atoms with Crippen molar-refractivity contribution >= 4 is 21.5 Å². The lowest BCUT2D eigenvalue weighted by Crippen LogP contribution is -2.30. The molecule has 0 N–H and O–H groups in total. The number of hydrogen-bond donors (Lipinski definition) is 0. The highest BCUT2D eigenvalue weighted by Gasteiger charge is 2.25. The Labute approximate surface area is 153 Å². The van der Waals surface area contributed by atoms with Gasteiger partial charge in [0.1, 0.15) is 0 Å². The molecule has 0 amide bonds. The van der Waals surface area contributed by atoms with Gasteiger partial charge in [-0.05, 0) is 36.8 Å². The van der Waals surface area contributed by atoms with E-state index in [1.54, 1.807) is 36.4 Å². The summed E-state index contributed by atoms with van der Waals surface area (Å²) in [7, 11) is -3.83. The highest BCUT2D eigenvalue weighted by molar-refractivity contribution is 7.92. The highest BCUT2D eigenvalue weighted by atomic mass is 32.2. The largest absolute Gasteiger partial charge is 0.295 e. The number of Topliss-reactive ketones (excluding diaryl/α,β-unsaturated/α-hetero) is 1. The zero-order chi connectivity index (χ0) is 18.6. The summed E-state index contributed by atoms with van der Waals surface area (Å²) in [5.74, 6) is -0.170. The number of anilines is 1. The molecule has 0 unspecified atom stereocenters. The van der Waals surface area contributed by atoms with E-state index in [1.807, 2.05) is 36.4 Å². The zero-order valence-corrected chi connectivity index (χ0v) is 15.2. The van der Waals surface area contributed by atoms with E-state index >= 15 is 0 Å². The first-order valence-corrected chi connectivity index (χ1v) is 9.65. The molecular formula is C21H19NO3S. The van der Waals surface area contributed by atoms with Crippen LogP contribution < -0.4 is 4.31 Å². The third-order valence-electron chi connectivity index (χ3n) is 4.04. The summed E-state index contributed by atoms with van der Waals surface area (Å²) < 4.78 is 28.0. The summed E-state index contributed by atoms with van der Waals surface area (Å²) in [6, 6.07) is 24.5. The summed E-state index contributed by atoms with van der Waals surface area (Å²) in [5, 5.41) is 0. The fourth-order valence-corrected chi connectivity index (χ4v) is 4.16. The monoisotopic (exact) mass is 365 g/mol. The Morgan fingerprint density at radius 1 is 0.846 bits per heavy atom. The normalized spacial score (nSPS) is 11.1. The number of rotatable bonds is 6. The van der Waals surface area contributed by atoms with E-state index in [0.29, 0.717) is 11.3 Å². The van der Waals surface area contributed by atoms with Crippen molar-refractivity contribution < 1.29 is 13.2 Å². The van der Waals surface area contributed by atoms with Crippen molar-refractivity contribution in [3.05, 3.63) is 96.1 Å². The molecule has 3 aromatic carbocycles. The molecule has 0 spiro atoms. The van der Waals surface area contributed by atoms with Crippen LogP contribution >= 0.6 is 0 Å². The van der Waals surface area contributed by atoms with Crippen molar-refractivity contribution in [3.8, 4) is 0 Å². The number of benzene rings is 3. The van der Waals surface area contributed by atoms with Crippen molar-refractivity contribution in [2.24, 2.45) is 0 Å². The van der Waals surface area contributed by atoms with Gasteiger partial charge in [0.25, 0.3) is 10.0 Å². The van der Waals surface area contributed by atoms with E-state index in [9.17, 15) is 13.2 Å². The van der Waals surface area contributed by atoms with Crippen LogP contribution in [0.2, 0.25) is 0 Å². The molecule has 0 aliphatic carbocycles. The van der Waals surface area contributed by atoms with Gasteiger partial charge in [-0.3, -0.25) is 9.10 Å². The molecule has 132 valence electrons. The van der Waals surface area contributed by atoms with Crippen molar-refractivity contribution in [1.82, 2.24) is 0 Å². The lowest BCUT2D eigenvalue weighted by Gasteiger charge is -2.25. The Bertz CT molecular complexity index is 1000. The SMILES string of the molecule is CC(=O)c1cccc(S(=O)(=O)N(Cc2ccccc2)c2ccccc2)c1. The van der Waals surface area contributed by atoms with E-state index in [-0.39, 0.29) is 17.2 Å². The summed E-state index contributed by atoms with van der Waals surface area (Å²) in [6.07, 6.45) is 0. The first-order valence-electron chi connectivity index (χ1n) is 8.21. The number of carbonyl (C=O) groups excluding carboxylic acids is 1. The van der Waals surface area contributed by atoms with Crippen molar-refractivity contribution in [3.63, 3.8) is 0 Å². The predicted molar refractivity (Wildman–Crippen MR) is 103 cm³/mol. The summed E-state index contributed by atoms with van der Waals surface area (Å²) in [6.45, 7) is 1.63. The molecule has 0 atom stereocenters. The molecule has 0 aliphatic rings. The van der Waals surface area contributed by atoms with Gasteiger partial charge in [0.05, 0.1) is 17.1 Å². The standard InChI is InChI=1S/C21H19NO3S/c1-17(23)19-11-8-14-21(15-19)26(24,25)22(20-12-6-3-7-13-20)16-18-9-4-2-5-10-18/h2-15H,16H2,1H3. The van der Waals surface area contributed by atoms with E-state index in [1.165, 1.54) is 23.4 Å². The maximum Gasteiger partial charge on any atom is 0.264 e. The van der Waals surface area contributed by atoms with Crippen LogP contribution in [0.15, 0.2) is 89.8 Å². The van der Waals surface area contributed by atoms with Gasteiger partial charge in [0, 0.05) is 5.56 Å². The first kappa shape index (κ1) is 17.9. The van der Waals surface area contributed by atoms with Gasteiger partial charge in [-0.2, -0.15) is 0 Å². The molecule has 4 nitrogen and oxygen atoms in total. The van der Waals surface area contributed by atoms with Crippen LogP contribution in [0.25, 0.3) is 0 Å². The lowest BCUT2D eigenvalue weighted by molar-refractivity contribution is 0.101. The highest BCUT2D eigenvalue weighted by Crippen LogP contribution is 2.26. The van der Waals surface area contributed by atoms with Gasteiger partial charge < -0.3 is 0 Å². The molecular weight excluding hydrogens is 346 g/mol. The average molecular weight is 365 g/mol. The van der Waals surface area contributed by atoms with Crippen LogP contribution in [0.1, 0.15) is 22.8 Å². The lowest BCUT2D eigenvalue weighted by atomic mass is 10.2. The minimum atomic E-state index is -3.83.